The Morgan fingerprint density at radius 3 is 2.56 bits per heavy atom. The molecule has 0 fully saturated rings. The molecule has 0 saturated carbocycles. The van der Waals surface area contributed by atoms with Crippen molar-refractivity contribution in [3.63, 3.8) is 0 Å². The van der Waals surface area contributed by atoms with E-state index in [2.05, 4.69) is 26.5 Å². The fourth-order valence-electron chi connectivity index (χ4n) is 1.52. The summed E-state index contributed by atoms with van der Waals surface area (Å²) < 4.78 is 41.7. The third-order valence-corrected chi connectivity index (χ3v) is 3.04. The van der Waals surface area contributed by atoms with Gasteiger partial charge in [0.05, 0.1) is 0 Å². The second-order valence-electron chi connectivity index (χ2n) is 4.80. The highest BCUT2D eigenvalue weighted by molar-refractivity contribution is 6.29. The molecule has 2 rings (SSSR count). The first-order valence-electron chi connectivity index (χ1n) is 6.89. The zero-order valence-corrected chi connectivity index (χ0v) is 13.5. The van der Waals surface area contributed by atoms with Gasteiger partial charge in [0.15, 0.2) is 0 Å². The second kappa shape index (κ2) is 7.85. The van der Waals surface area contributed by atoms with Crippen molar-refractivity contribution < 1.29 is 22.7 Å². The van der Waals surface area contributed by atoms with Crippen LogP contribution in [-0.2, 0) is 0 Å². The third-order valence-electron chi connectivity index (χ3n) is 2.84. The quantitative estimate of drug-likeness (QED) is 0.649. The van der Waals surface area contributed by atoms with Crippen molar-refractivity contribution in [3.8, 4) is 17.7 Å². The van der Waals surface area contributed by atoms with E-state index < -0.39 is 18.3 Å². The molecule has 2 heterocycles. The number of ether oxygens (including phenoxy) is 1. The molecule has 2 aromatic heterocycles. The Balaban J connectivity index is 1.97. The van der Waals surface area contributed by atoms with E-state index in [9.17, 15) is 18.0 Å². The van der Waals surface area contributed by atoms with Crippen LogP contribution in [0.15, 0.2) is 36.7 Å². The summed E-state index contributed by atoms with van der Waals surface area (Å²) in [4.78, 5) is 19.0. The number of hydrogen-bond donors (Lipinski definition) is 1. The van der Waals surface area contributed by atoms with Crippen molar-refractivity contribution in [2.75, 3.05) is 0 Å². The number of carbonyl (C=O) groups is 1. The molecule has 0 aromatic carbocycles. The van der Waals surface area contributed by atoms with Crippen LogP contribution < -0.4 is 10.1 Å². The van der Waals surface area contributed by atoms with Crippen LogP contribution in [0.5, 0.6) is 5.88 Å². The van der Waals surface area contributed by atoms with Gasteiger partial charge < -0.3 is 10.1 Å². The molecule has 130 valence electrons. The van der Waals surface area contributed by atoms with Crippen LogP contribution in [0, 0.1) is 11.8 Å². The average Bonchev–Trinajstić information content (AvgIpc) is 2.53. The van der Waals surface area contributed by atoms with E-state index in [-0.39, 0.29) is 5.88 Å². The number of carbonyl (C=O) groups excluding carboxylic acids is 1. The van der Waals surface area contributed by atoms with E-state index >= 15 is 0 Å². The first-order chi connectivity index (χ1) is 11.7. The molecule has 1 amide bonds. The number of nitrogens with one attached hydrogen (secondary N) is 1. The number of pyridine rings is 2. The molecule has 0 aliphatic heterocycles. The molecule has 0 bridgehead atoms. The number of rotatable bonds is 2. The molecule has 9 heteroatoms. The highest BCUT2D eigenvalue weighted by Crippen LogP contribution is 2.19. The zero-order chi connectivity index (χ0) is 18.4. The van der Waals surface area contributed by atoms with Gasteiger partial charge in [0, 0.05) is 29.6 Å². The summed E-state index contributed by atoms with van der Waals surface area (Å²) in [6.45, 7) is 0.804. The van der Waals surface area contributed by atoms with Crippen molar-refractivity contribution in [2.24, 2.45) is 0 Å². The first kappa shape index (κ1) is 18.5. The number of hydrogen-bond acceptors (Lipinski definition) is 4. The lowest BCUT2D eigenvalue weighted by Gasteiger charge is -2.16. The van der Waals surface area contributed by atoms with Crippen molar-refractivity contribution in [2.45, 2.75) is 19.1 Å². The standard InChI is InChI=1S/C16H11ClF3N3O2/c1-10(16(18,19)20)23-15(24)25-14-5-4-12(9-22-14)3-2-11-6-7-21-13(17)8-11/h4-10H,1H3,(H,23,24)/t10-/m1/s1. The van der Waals surface area contributed by atoms with Gasteiger partial charge in [-0.3, -0.25) is 0 Å². The number of aromatic nitrogens is 2. The van der Waals surface area contributed by atoms with Gasteiger partial charge in [-0.05, 0) is 25.1 Å². The molecule has 5 nitrogen and oxygen atoms in total. The number of halogens is 4. The molecule has 1 atom stereocenters. The maximum absolute atomic E-state index is 12.3. The van der Waals surface area contributed by atoms with Crippen LogP contribution in [-0.4, -0.2) is 28.3 Å². The lowest BCUT2D eigenvalue weighted by Crippen LogP contribution is -2.44. The Morgan fingerprint density at radius 1 is 1.24 bits per heavy atom. The zero-order valence-electron chi connectivity index (χ0n) is 12.8. The highest BCUT2D eigenvalue weighted by Gasteiger charge is 2.37. The molecule has 0 saturated heterocycles. The van der Waals surface area contributed by atoms with E-state index in [4.69, 9.17) is 11.6 Å². The third kappa shape index (κ3) is 5.97. The second-order valence-corrected chi connectivity index (χ2v) is 5.19. The fourth-order valence-corrected chi connectivity index (χ4v) is 1.70. The van der Waals surface area contributed by atoms with Crippen molar-refractivity contribution in [1.82, 2.24) is 15.3 Å². The molecular weight excluding hydrogens is 359 g/mol. The Hall–Kier alpha value is -2.79. The predicted molar refractivity (Wildman–Crippen MR) is 84.1 cm³/mol. The topological polar surface area (TPSA) is 64.1 Å². The van der Waals surface area contributed by atoms with Crippen LogP contribution in [0.25, 0.3) is 0 Å². The van der Waals surface area contributed by atoms with Gasteiger partial charge in [-0.2, -0.15) is 13.2 Å². The van der Waals surface area contributed by atoms with E-state index in [1.807, 2.05) is 0 Å². The number of amides is 1. The minimum atomic E-state index is -4.55. The molecule has 0 radical (unpaired) electrons. The highest BCUT2D eigenvalue weighted by atomic mass is 35.5. The molecular formula is C16H11ClF3N3O2. The van der Waals surface area contributed by atoms with E-state index in [1.165, 1.54) is 24.5 Å². The first-order valence-corrected chi connectivity index (χ1v) is 7.26. The van der Waals surface area contributed by atoms with E-state index in [0.29, 0.717) is 16.3 Å². The molecule has 1 N–H and O–H groups in total. The summed E-state index contributed by atoms with van der Waals surface area (Å²) >= 11 is 5.74. The predicted octanol–water partition coefficient (Wildman–Crippen LogP) is 3.57. The maximum atomic E-state index is 12.3. The van der Waals surface area contributed by atoms with Crippen LogP contribution in [0.3, 0.4) is 0 Å². The Kier molecular flexibility index (Phi) is 5.83. The Labute approximate surface area is 146 Å². The summed E-state index contributed by atoms with van der Waals surface area (Å²) in [5, 5.41) is 1.98. The van der Waals surface area contributed by atoms with Crippen LogP contribution in [0.1, 0.15) is 18.1 Å². The van der Waals surface area contributed by atoms with E-state index in [1.54, 1.807) is 17.4 Å². The summed E-state index contributed by atoms with van der Waals surface area (Å²) in [6.07, 6.45) is -2.96. The lowest BCUT2D eigenvalue weighted by molar-refractivity contribution is -0.149. The SMILES string of the molecule is C[C@@H](NC(=O)Oc1ccc(C#Cc2ccnc(Cl)c2)cn1)C(F)(F)F. The lowest BCUT2D eigenvalue weighted by atomic mass is 10.2. The van der Waals surface area contributed by atoms with Gasteiger partial charge in [0.1, 0.15) is 11.2 Å². The van der Waals surface area contributed by atoms with Gasteiger partial charge in [-0.25, -0.2) is 14.8 Å². The van der Waals surface area contributed by atoms with Crippen molar-refractivity contribution in [3.05, 3.63) is 52.9 Å². The minimum absolute atomic E-state index is 0.149. The fraction of sp³-hybridized carbons (Fsp3) is 0.188. The average molecular weight is 370 g/mol. The molecule has 2 aromatic rings. The number of nitrogens with zero attached hydrogens (tertiary/aromatic N) is 2. The summed E-state index contributed by atoms with van der Waals surface area (Å²) in [7, 11) is 0. The monoisotopic (exact) mass is 369 g/mol. The largest absolute Gasteiger partial charge is 0.414 e. The Bertz CT molecular complexity index is 814. The van der Waals surface area contributed by atoms with Crippen LogP contribution >= 0.6 is 11.6 Å². The smallest absolute Gasteiger partial charge is 0.391 e. The maximum Gasteiger partial charge on any atom is 0.414 e. The normalized spacial score (nSPS) is 11.9. The molecule has 0 unspecified atom stereocenters. The molecule has 0 aliphatic rings. The van der Waals surface area contributed by atoms with E-state index in [0.717, 1.165) is 6.92 Å². The van der Waals surface area contributed by atoms with Gasteiger partial charge in [-0.15, -0.1) is 0 Å². The van der Waals surface area contributed by atoms with Gasteiger partial charge in [0.25, 0.3) is 0 Å². The summed E-state index contributed by atoms with van der Waals surface area (Å²) in [6, 6.07) is 4.07. The van der Waals surface area contributed by atoms with Crippen LogP contribution in [0.2, 0.25) is 5.15 Å². The molecule has 0 spiro atoms. The van der Waals surface area contributed by atoms with Crippen LogP contribution in [0.4, 0.5) is 18.0 Å². The molecule has 25 heavy (non-hydrogen) atoms. The summed E-state index contributed by atoms with van der Waals surface area (Å²) in [5.41, 5.74) is 1.17. The molecule has 0 aliphatic carbocycles. The minimum Gasteiger partial charge on any atom is -0.391 e. The van der Waals surface area contributed by atoms with Gasteiger partial charge in [-0.1, -0.05) is 23.4 Å². The van der Waals surface area contributed by atoms with Crippen molar-refractivity contribution in [1.29, 1.82) is 0 Å². The van der Waals surface area contributed by atoms with Gasteiger partial charge in [0.2, 0.25) is 5.88 Å². The van der Waals surface area contributed by atoms with Gasteiger partial charge >= 0.3 is 12.3 Å². The summed E-state index contributed by atoms with van der Waals surface area (Å²) in [5.74, 6) is 5.51. The number of alkyl halides is 3. The Morgan fingerprint density at radius 2 is 1.96 bits per heavy atom. The van der Waals surface area contributed by atoms with Crippen molar-refractivity contribution >= 4 is 17.7 Å².